The molecule has 2 amide bonds. The third-order valence-electron chi connectivity index (χ3n) is 5.03. The van der Waals surface area contributed by atoms with Crippen molar-refractivity contribution in [2.45, 2.75) is 31.8 Å². The van der Waals surface area contributed by atoms with Gasteiger partial charge in [0.15, 0.2) is 10.6 Å². The van der Waals surface area contributed by atoms with E-state index in [1.807, 2.05) is 0 Å². The van der Waals surface area contributed by atoms with Crippen molar-refractivity contribution in [1.82, 2.24) is 14.3 Å². The van der Waals surface area contributed by atoms with Crippen LogP contribution in [0.4, 0.5) is 23.2 Å². The minimum atomic E-state index is -4.80. The van der Waals surface area contributed by atoms with Gasteiger partial charge in [-0.15, -0.1) is 0 Å². The minimum Gasteiger partial charge on any atom is -0.588 e. The zero-order valence-corrected chi connectivity index (χ0v) is 20.3. The Balaban J connectivity index is 2.02. The molecule has 0 spiro atoms. The predicted octanol–water partition coefficient (Wildman–Crippen LogP) is 4.80. The van der Waals surface area contributed by atoms with Gasteiger partial charge in [0.05, 0.1) is 18.3 Å². The molecule has 0 radical (unpaired) electrons. The molecule has 0 saturated carbocycles. The molecule has 0 aliphatic heterocycles. The Morgan fingerprint density at radius 2 is 1.86 bits per heavy atom. The summed E-state index contributed by atoms with van der Waals surface area (Å²) in [6.07, 6.45) is -4.26. The summed E-state index contributed by atoms with van der Waals surface area (Å²) in [5, 5.41) is 2.45. The first-order valence-corrected chi connectivity index (χ1v) is 11.4. The number of aryl methyl sites for hydroxylation is 1. The van der Waals surface area contributed by atoms with Crippen molar-refractivity contribution in [2.75, 3.05) is 12.4 Å². The number of ether oxygens (including phenoxy) is 1. The van der Waals surface area contributed by atoms with Gasteiger partial charge in [0, 0.05) is 24.9 Å². The smallest absolute Gasteiger partial charge is 0.418 e. The van der Waals surface area contributed by atoms with E-state index >= 15 is 0 Å². The molecule has 0 aliphatic rings. The molecule has 2 heterocycles. The average molecular weight is 524 g/mol. The first-order valence-electron chi connectivity index (χ1n) is 10.2. The molecule has 13 heteroatoms. The summed E-state index contributed by atoms with van der Waals surface area (Å²) in [7, 11) is 1.33. The van der Waals surface area contributed by atoms with Crippen LogP contribution in [0, 0.1) is 19.8 Å². The number of anilines is 1. The van der Waals surface area contributed by atoms with Crippen LogP contribution in [0.5, 0.6) is 11.6 Å². The highest BCUT2D eigenvalue weighted by Gasteiger charge is 2.36. The number of hydrogen-bond acceptors (Lipinski definition) is 6. The number of aromatic nitrogens is 2. The highest BCUT2D eigenvalue weighted by Crippen LogP contribution is 2.37. The molecular weight excluding hydrogens is 504 g/mol. The zero-order chi connectivity index (χ0) is 26.8. The third-order valence-corrected chi connectivity index (χ3v) is 6.44. The topological polar surface area (TPSA) is 107 Å². The number of nitrogens with zero attached hydrogens (tertiary/aromatic N) is 3. The van der Waals surface area contributed by atoms with Gasteiger partial charge in [0.25, 0.3) is 11.8 Å². The van der Waals surface area contributed by atoms with Crippen molar-refractivity contribution in [3.63, 3.8) is 0 Å². The molecule has 190 valence electrons. The van der Waals surface area contributed by atoms with Crippen LogP contribution in [0.3, 0.4) is 0 Å². The predicted molar refractivity (Wildman–Crippen MR) is 122 cm³/mol. The Labute approximate surface area is 206 Å². The van der Waals surface area contributed by atoms with E-state index in [4.69, 9.17) is 4.74 Å². The van der Waals surface area contributed by atoms with E-state index in [1.54, 1.807) is 0 Å². The second-order valence-electron chi connectivity index (χ2n) is 7.54. The molecule has 2 aromatic heterocycles. The summed E-state index contributed by atoms with van der Waals surface area (Å²) in [4.78, 5) is 32.1. The highest BCUT2D eigenvalue weighted by atomic mass is 32.2. The van der Waals surface area contributed by atoms with Gasteiger partial charge in [-0.05, 0) is 43.7 Å². The SMILES string of the molecule is CC(=O)N(C)[S+]([O-])c1cccc(NC(=O)c2c(Oc3ccc(F)nc3C)ncc(C(F)(F)F)c2C)c1. The van der Waals surface area contributed by atoms with Crippen molar-refractivity contribution in [3.05, 3.63) is 70.9 Å². The van der Waals surface area contributed by atoms with Gasteiger partial charge >= 0.3 is 6.18 Å². The van der Waals surface area contributed by atoms with E-state index in [-0.39, 0.29) is 22.0 Å². The van der Waals surface area contributed by atoms with Crippen LogP contribution < -0.4 is 10.1 Å². The van der Waals surface area contributed by atoms with Crippen LogP contribution in [0.25, 0.3) is 0 Å². The molecule has 0 bridgehead atoms. The van der Waals surface area contributed by atoms with Gasteiger partial charge in [-0.25, -0.2) is 9.97 Å². The van der Waals surface area contributed by atoms with Crippen molar-refractivity contribution >= 4 is 28.9 Å². The highest BCUT2D eigenvalue weighted by molar-refractivity contribution is 7.89. The first kappa shape index (κ1) is 26.9. The lowest BCUT2D eigenvalue weighted by molar-refractivity contribution is -0.138. The first-order chi connectivity index (χ1) is 16.8. The lowest BCUT2D eigenvalue weighted by atomic mass is 10.0. The Hall–Kier alpha value is -3.71. The van der Waals surface area contributed by atoms with Crippen molar-refractivity contribution in [3.8, 4) is 11.6 Å². The number of benzene rings is 1. The van der Waals surface area contributed by atoms with Gasteiger partial charge in [-0.3, -0.25) is 9.59 Å². The second kappa shape index (κ2) is 10.5. The summed E-state index contributed by atoms with van der Waals surface area (Å²) in [6.45, 7) is 3.74. The number of carbonyl (C=O) groups is 2. The maximum atomic E-state index is 13.5. The molecule has 36 heavy (non-hydrogen) atoms. The molecule has 3 rings (SSSR count). The molecule has 1 aromatic carbocycles. The Morgan fingerprint density at radius 3 is 2.47 bits per heavy atom. The molecule has 1 N–H and O–H groups in total. The van der Waals surface area contributed by atoms with Crippen LogP contribution >= 0.6 is 0 Å². The summed E-state index contributed by atoms with van der Waals surface area (Å²) in [5.74, 6) is -2.70. The van der Waals surface area contributed by atoms with E-state index in [0.717, 1.165) is 17.3 Å². The lowest BCUT2D eigenvalue weighted by Gasteiger charge is -2.19. The quantitative estimate of drug-likeness (QED) is 0.282. The number of pyridine rings is 2. The van der Waals surface area contributed by atoms with Gasteiger partial charge in [0.2, 0.25) is 11.8 Å². The van der Waals surface area contributed by atoms with E-state index in [0.29, 0.717) is 6.20 Å². The largest absolute Gasteiger partial charge is 0.588 e. The van der Waals surface area contributed by atoms with Gasteiger partial charge in [-0.1, -0.05) is 6.07 Å². The Kier molecular flexibility index (Phi) is 7.84. The lowest BCUT2D eigenvalue weighted by Crippen LogP contribution is -2.31. The van der Waals surface area contributed by atoms with Gasteiger partial charge in [-0.2, -0.15) is 21.9 Å². The van der Waals surface area contributed by atoms with Crippen molar-refractivity contribution in [2.24, 2.45) is 0 Å². The molecule has 0 saturated heterocycles. The normalized spacial score (nSPS) is 12.1. The van der Waals surface area contributed by atoms with Gasteiger partial charge < -0.3 is 14.6 Å². The fourth-order valence-electron chi connectivity index (χ4n) is 3.09. The standard InChI is InChI=1S/C23H20F4N4O4S/c1-12-17(23(25,26)27)11-28-22(35-18-8-9-19(24)29-13(18)2)20(12)21(33)30-15-6-5-7-16(10-15)36(34)31(4)14(3)32/h5-11H,1-4H3,(H,30,33). The fourth-order valence-corrected chi connectivity index (χ4v) is 4.06. The minimum absolute atomic E-state index is 0.0122. The van der Waals surface area contributed by atoms with Crippen molar-refractivity contribution < 1.29 is 36.4 Å². The summed E-state index contributed by atoms with van der Waals surface area (Å²) >= 11 is -1.87. The fraction of sp³-hybridized carbons (Fsp3) is 0.217. The molecular formula is C23H20F4N4O4S. The number of halogens is 4. The monoisotopic (exact) mass is 524 g/mol. The van der Waals surface area contributed by atoms with E-state index in [9.17, 15) is 31.7 Å². The zero-order valence-electron chi connectivity index (χ0n) is 19.4. The number of rotatable bonds is 6. The summed E-state index contributed by atoms with van der Waals surface area (Å²) in [6, 6.07) is 7.86. The molecule has 8 nitrogen and oxygen atoms in total. The number of amides is 2. The van der Waals surface area contributed by atoms with E-state index in [1.165, 1.54) is 51.2 Å². The summed E-state index contributed by atoms with van der Waals surface area (Å²) in [5.41, 5.74) is -1.92. The number of nitrogens with one attached hydrogen (secondary N) is 1. The van der Waals surface area contributed by atoms with Crippen molar-refractivity contribution in [1.29, 1.82) is 0 Å². The molecule has 0 aliphatic carbocycles. The maximum Gasteiger partial charge on any atom is 0.418 e. The van der Waals surface area contributed by atoms with Crippen LogP contribution in [-0.2, 0) is 22.3 Å². The number of alkyl halides is 3. The third kappa shape index (κ3) is 5.91. The van der Waals surface area contributed by atoms with E-state index < -0.39 is 57.9 Å². The molecule has 3 aromatic rings. The van der Waals surface area contributed by atoms with Crippen LogP contribution in [-0.4, -0.2) is 37.7 Å². The summed E-state index contributed by atoms with van der Waals surface area (Å²) < 4.78 is 73.0. The maximum absolute atomic E-state index is 13.5. The van der Waals surface area contributed by atoms with Gasteiger partial charge in [0.1, 0.15) is 16.9 Å². The van der Waals surface area contributed by atoms with E-state index in [2.05, 4.69) is 15.3 Å². The Bertz CT molecular complexity index is 1320. The number of hydrogen-bond donors (Lipinski definition) is 1. The molecule has 1 unspecified atom stereocenters. The number of carbonyl (C=O) groups excluding carboxylic acids is 2. The molecule has 1 atom stereocenters. The second-order valence-corrected chi connectivity index (χ2v) is 9.06. The van der Waals surface area contributed by atoms with Crippen LogP contribution in [0.1, 0.15) is 34.1 Å². The average Bonchev–Trinajstić information content (AvgIpc) is 2.79. The van der Waals surface area contributed by atoms with Crippen LogP contribution in [0.15, 0.2) is 47.5 Å². The Morgan fingerprint density at radius 1 is 1.17 bits per heavy atom. The van der Waals surface area contributed by atoms with Crippen LogP contribution in [0.2, 0.25) is 0 Å². The molecule has 0 fully saturated rings.